The second-order valence-corrected chi connectivity index (χ2v) is 16.1. The Labute approximate surface area is 299 Å². The largest absolute Gasteiger partial charge is 0.387 e. The first-order valence-electron chi connectivity index (χ1n) is 20.9. The van der Waals surface area contributed by atoms with Crippen LogP contribution in [0.4, 0.5) is 0 Å². The molecule has 1 amide bonds. The second-order valence-electron chi connectivity index (χ2n) is 14.6. The molecule has 0 aliphatic rings. The molecule has 2 unspecified atom stereocenters. The molecule has 7 heteroatoms. The van der Waals surface area contributed by atoms with E-state index in [-0.39, 0.29) is 5.91 Å². The van der Waals surface area contributed by atoms with Gasteiger partial charge in [-0.05, 0) is 19.3 Å². The summed E-state index contributed by atoms with van der Waals surface area (Å²) in [5, 5.41) is 13.2. The first-order chi connectivity index (χ1) is 23.3. The summed E-state index contributed by atoms with van der Waals surface area (Å²) in [6, 6.07) is -1.05. The molecule has 0 radical (unpaired) electrons. The number of aliphatic hydroxyl groups is 1. The van der Waals surface area contributed by atoms with Crippen molar-refractivity contribution in [1.82, 2.24) is 5.32 Å². The van der Waals surface area contributed by atoms with Crippen LogP contribution >= 0.6 is 0 Å². The van der Waals surface area contributed by atoms with Gasteiger partial charge in [0.15, 0.2) is 0 Å². The summed E-state index contributed by atoms with van der Waals surface area (Å²) in [4.78, 5) is 12.5. The quantitative estimate of drug-likeness (QED) is 0.0338. The van der Waals surface area contributed by atoms with Crippen molar-refractivity contribution < 1.29 is 22.9 Å². The second kappa shape index (κ2) is 35.9. The van der Waals surface area contributed by atoms with Crippen LogP contribution in [0.2, 0.25) is 0 Å². The van der Waals surface area contributed by atoms with Gasteiger partial charge >= 0.3 is 0 Å². The molecule has 0 fully saturated rings. The van der Waals surface area contributed by atoms with Crippen LogP contribution in [0.3, 0.4) is 0 Å². The molecule has 0 saturated carbocycles. The minimum Gasteiger partial charge on any atom is -0.387 e. The number of unbranched alkanes of at least 4 members (excludes halogenated alkanes) is 30. The highest BCUT2D eigenvalue weighted by Gasteiger charge is 2.24. The van der Waals surface area contributed by atoms with Gasteiger partial charge in [-0.15, -0.1) is 0 Å². The van der Waals surface area contributed by atoms with Gasteiger partial charge in [-0.2, -0.15) is 8.42 Å². The lowest BCUT2D eigenvalue weighted by atomic mass is 10.0. The van der Waals surface area contributed by atoms with Crippen LogP contribution in [0.1, 0.15) is 226 Å². The average Bonchev–Trinajstić information content (AvgIpc) is 3.05. The number of rotatable bonds is 38. The Morgan fingerprint density at radius 1 is 0.542 bits per heavy atom. The van der Waals surface area contributed by atoms with Crippen molar-refractivity contribution in [2.24, 2.45) is 0 Å². The fourth-order valence-corrected chi connectivity index (χ4v) is 7.30. The van der Waals surface area contributed by atoms with Crippen LogP contribution in [-0.4, -0.2) is 41.9 Å². The third-order valence-corrected chi connectivity index (χ3v) is 10.5. The van der Waals surface area contributed by atoms with Gasteiger partial charge in [0, 0.05) is 6.42 Å². The fourth-order valence-electron chi connectivity index (χ4n) is 6.57. The first-order valence-corrected chi connectivity index (χ1v) is 22.5. The Morgan fingerprint density at radius 2 is 0.854 bits per heavy atom. The number of hydrogen-bond donors (Lipinski definition) is 3. The predicted octanol–water partition coefficient (Wildman–Crippen LogP) is 12.2. The molecule has 6 nitrogen and oxygen atoms in total. The van der Waals surface area contributed by atoms with E-state index in [1.807, 2.05) is 6.08 Å². The SMILES string of the molecule is CCCCCCCCCCCCCCCC/C=C/C(O)C(CS(=O)(=O)O)NC(=O)CCCCCCCCCCCCCCCCCCC. The molecule has 48 heavy (non-hydrogen) atoms. The normalized spacial score (nSPS) is 13.3. The van der Waals surface area contributed by atoms with Crippen LogP contribution in [0.15, 0.2) is 12.2 Å². The Morgan fingerprint density at radius 3 is 1.19 bits per heavy atom. The van der Waals surface area contributed by atoms with Gasteiger partial charge in [0.1, 0.15) is 0 Å². The van der Waals surface area contributed by atoms with Gasteiger partial charge in [0.05, 0.1) is 17.9 Å². The van der Waals surface area contributed by atoms with E-state index in [0.717, 1.165) is 38.5 Å². The van der Waals surface area contributed by atoms with Gasteiger partial charge in [-0.25, -0.2) is 0 Å². The van der Waals surface area contributed by atoms with Crippen molar-refractivity contribution in [1.29, 1.82) is 0 Å². The number of carbonyl (C=O) groups is 1. The van der Waals surface area contributed by atoms with E-state index in [1.165, 1.54) is 167 Å². The highest BCUT2D eigenvalue weighted by Crippen LogP contribution is 2.16. The maximum absolute atomic E-state index is 12.5. The smallest absolute Gasteiger partial charge is 0.267 e. The monoisotopic (exact) mass is 700 g/mol. The molecule has 3 N–H and O–H groups in total. The maximum Gasteiger partial charge on any atom is 0.267 e. The fraction of sp³-hybridized carbons (Fsp3) is 0.927. The van der Waals surface area contributed by atoms with Crippen molar-refractivity contribution in [2.75, 3.05) is 5.75 Å². The van der Waals surface area contributed by atoms with E-state index in [4.69, 9.17) is 0 Å². The molecule has 0 aliphatic heterocycles. The minimum absolute atomic E-state index is 0.274. The van der Waals surface area contributed by atoms with E-state index in [1.54, 1.807) is 6.08 Å². The Balaban J connectivity index is 3.88. The molecule has 0 rings (SSSR count). The number of hydrogen-bond acceptors (Lipinski definition) is 4. The van der Waals surface area contributed by atoms with Crippen LogP contribution in [-0.2, 0) is 14.9 Å². The first kappa shape index (κ1) is 47.1. The molecule has 0 aliphatic carbocycles. The molecule has 2 atom stereocenters. The number of nitrogens with one attached hydrogen (secondary N) is 1. The number of allylic oxidation sites excluding steroid dienone is 1. The molecule has 0 aromatic heterocycles. The van der Waals surface area contributed by atoms with Gasteiger partial charge in [-0.3, -0.25) is 9.35 Å². The highest BCUT2D eigenvalue weighted by atomic mass is 32.2. The topological polar surface area (TPSA) is 104 Å². The molecule has 0 heterocycles. The summed E-state index contributed by atoms with van der Waals surface area (Å²) in [5.41, 5.74) is 0. The Bertz CT molecular complexity index is 816. The van der Waals surface area contributed by atoms with Crippen LogP contribution in [0, 0.1) is 0 Å². The molecular formula is C41H81NO5S. The van der Waals surface area contributed by atoms with E-state index in [9.17, 15) is 22.9 Å². The van der Waals surface area contributed by atoms with E-state index in [0.29, 0.717) is 6.42 Å². The zero-order valence-electron chi connectivity index (χ0n) is 31.9. The minimum atomic E-state index is -4.34. The lowest BCUT2D eigenvalue weighted by Crippen LogP contribution is -2.46. The number of aliphatic hydroxyl groups excluding tert-OH is 1. The molecule has 0 bridgehead atoms. The molecule has 0 aromatic carbocycles. The highest BCUT2D eigenvalue weighted by molar-refractivity contribution is 7.85. The lowest BCUT2D eigenvalue weighted by Gasteiger charge is -2.21. The third kappa shape index (κ3) is 36.4. The summed E-state index contributed by atoms with van der Waals surface area (Å²) in [6.07, 6.45) is 43.4. The van der Waals surface area contributed by atoms with Crippen molar-refractivity contribution in [2.45, 2.75) is 238 Å². The zero-order chi connectivity index (χ0) is 35.4. The van der Waals surface area contributed by atoms with Gasteiger partial charge in [0.2, 0.25) is 5.91 Å². The molecule has 286 valence electrons. The van der Waals surface area contributed by atoms with Crippen molar-refractivity contribution in [3.63, 3.8) is 0 Å². The molecule has 0 saturated heterocycles. The van der Waals surface area contributed by atoms with E-state index in [2.05, 4.69) is 19.2 Å². The Kier molecular flexibility index (Phi) is 35.2. The molecule has 0 spiro atoms. The van der Waals surface area contributed by atoms with Gasteiger partial charge in [-0.1, -0.05) is 212 Å². The summed E-state index contributed by atoms with van der Waals surface area (Å²) in [7, 11) is -4.34. The lowest BCUT2D eigenvalue weighted by molar-refractivity contribution is -0.122. The average molecular weight is 700 g/mol. The standard InChI is InChI=1S/C41H81NO5S/c1-3-5-7-9-11-13-15-17-19-21-23-25-27-29-31-33-35-37-41(44)42-39(38-48(45,46)47)40(43)36-34-32-30-28-26-24-22-20-18-16-14-12-10-8-6-4-2/h34,36,39-40,43H,3-33,35,37-38H2,1-2H3,(H,42,44)(H,45,46,47)/b36-34+. The van der Waals surface area contributed by atoms with Crippen molar-refractivity contribution in [3.8, 4) is 0 Å². The third-order valence-electron chi connectivity index (χ3n) is 9.71. The van der Waals surface area contributed by atoms with Gasteiger partial charge < -0.3 is 10.4 Å². The van der Waals surface area contributed by atoms with Crippen LogP contribution in [0.5, 0.6) is 0 Å². The van der Waals surface area contributed by atoms with E-state index < -0.39 is 28.0 Å². The van der Waals surface area contributed by atoms with Crippen LogP contribution in [0.25, 0.3) is 0 Å². The summed E-state index contributed by atoms with van der Waals surface area (Å²) in [6.45, 7) is 4.53. The Hall–Kier alpha value is -0.920. The number of amides is 1. The molecule has 0 aromatic rings. The zero-order valence-corrected chi connectivity index (χ0v) is 32.7. The maximum atomic E-state index is 12.5. The van der Waals surface area contributed by atoms with Crippen molar-refractivity contribution >= 4 is 16.0 Å². The summed E-state index contributed by atoms with van der Waals surface area (Å²) >= 11 is 0. The summed E-state index contributed by atoms with van der Waals surface area (Å²) in [5.74, 6) is -0.966. The van der Waals surface area contributed by atoms with Crippen molar-refractivity contribution in [3.05, 3.63) is 12.2 Å². The molecular weight excluding hydrogens is 619 g/mol. The predicted molar refractivity (Wildman–Crippen MR) is 207 cm³/mol. The van der Waals surface area contributed by atoms with Crippen LogP contribution < -0.4 is 5.32 Å². The van der Waals surface area contributed by atoms with Gasteiger partial charge in [0.25, 0.3) is 10.1 Å². The summed E-state index contributed by atoms with van der Waals surface area (Å²) < 4.78 is 32.5. The number of carbonyl (C=O) groups excluding carboxylic acids is 1. The van der Waals surface area contributed by atoms with E-state index >= 15 is 0 Å².